The number of aliphatic hydroxyl groups is 1. The lowest BCUT2D eigenvalue weighted by Gasteiger charge is -2.37. The van der Waals surface area contributed by atoms with Gasteiger partial charge in [-0.2, -0.15) is 0 Å². The van der Waals surface area contributed by atoms with Gasteiger partial charge in [-0.15, -0.1) is 0 Å². The maximum absolute atomic E-state index is 11.9. The summed E-state index contributed by atoms with van der Waals surface area (Å²) in [5, 5.41) is 23.1. The number of ether oxygens (including phenoxy) is 3. The Hall–Kier alpha value is -3.65. The highest BCUT2D eigenvalue weighted by molar-refractivity contribution is 5.67. The average molecular weight is 660 g/mol. The van der Waals surface area contributed by atoms with Crippen molar-refractivity contribution in [1.29, 1.82) is 0 Å². The number of phenols is 1. The van der Waals surface area contributed by atoms with Crippen LogP contribution in [0.5, 0.6) is 17.2 Å². The van der Waals surface area contributed by atoms with E-state index in [0.717, 1.165) is 49.2 Å². The van der Waals surface area contributed by atoms with E-state index in [-0.39, 0.29) is 11.7 Å². The van der Waals surface area contributed by atoms with E-state index in [0.29, 0.717) is 60.3 Å². The van der Waals surface area contributed by atoms with Crippen molar-refractivity contribution in [3.8, 4) is 40.0 Å². The van der Waals surface area contributed by atoms with Crippen molar-refractivity contribution in [3.05, 3.63) is 60.1 Å². The molecule has 8 nitrogen and oxygen atoms in total. The summed E-state index contributed by atoms with van der Waals surface area (Å²) < 4.78 is 17.8. The quantitative estimate of drug-likeness (QED) is 0.139. The van der Waals surface area contributed by atoms with Crippen molar-refractivity contribution in [3.63, 3.8) is 0 Å². The highest BCUT2D eigenvalue weighted by atomic mass is 16.5. The molecule has 0 aliphatic heterocycles. The first-order valence-corrected chi connectivity index (χ1v) is 18.1. The fraction of sp³-hybridized carbons (Fsp3) is 0.575. The molecule has 2 aromatic carbocycles. The zero-order valence-corrected chi connectivity index (χ0v) is 30.2. The molecule has 3 aromatic rings. The topological polar surface area (TPSA) is 107 Å². The number of benzene rings is 2. The second-order valence-corrected chi connectivity index (χ2v) is 13.7. The third kappa shape index (κ3) is 9.71. The fourth-order valence-electron chi connectivity index (χ4n) is 6.34. The molecule has 0 amide bonds. The zero-order valence-electron chi connectivity index (χ0n) is 30.2. The predicted octanol–water partition coefficient (Wildman–Crippen LogP) is 9.51. The monoisotopic (exact) mass is 659 g/mol. The van der Waals surface area contributed by atoms with Crippen LogP contribution in [-0.2, 0) is 4.74 Å². The van der Waals surface area contributed by atoms with Crippen molar-refractivity contribution in [2.45, 2.75) is 111 Å². The summed E-state index contributed by atoms with van der Waals surface area (Å²) in [4.78, 5) is 14.6. The summed E-state index contributed by atoms with van der Waals surface area (Å²) >= 11 is 0. The van der Waals surface area contributed by atoms with E-state index in [2.05, 4.69) is 34.6 Å². The van der Waals surface area contributed by atoms with Gasteiger partial charge in [0.2, 0.25) is 0 Å². The van der Waals surface area contributed by atoms with Crippen LogP contribution in [0.25, 0.3) is 22.8 Å². The molecule has 1 aliphatic rings. The van der Waals surface area contributed by atoms with Crippen molar-refractivity contribution < 1.29 is 24.4 Å². The van der Waals surface area contributed by atoms with Gasteiger partial charge in [-0.25, -0.2) is 15.0 Å². The van der Waals surface area contributed by atoms with Gasteiger partial charge < -0.3 is 24.4 Å². The molecule has 0 radical (unpaired) electrons. The van der Waals surface area contributed by atoms with Crippen LogP contribution in [0.4, 0.5) is 0 Å². The standard InChI is InChI=1S/C40H57N3O5/c1-8-12-14-28(10-3)25-47-32-20-21-33(35(44)23-32)38-41-37(30-16-18-31(46-7)19-17-30)42-39(43-38)34-22-27(5)36(24-40(34,6)45)48-26-29(11-4)15-13-9-2/h16-21,23-24,27-29,34,44-45H,8-15,22,25-26H2,1-7H3. The smallest absolute Gasteiger partial charge is 0.167 e. The summed E-state index contributed by atoms with van der Waals surface area (Å²) in [5.74, 6) is 4.06. The number of aromatic hydroxyl groups is 1. The third-order valence-electron chi connectivity index (χ3n) is 9.80. The van der Waals surface area contributed by atoms with Crippen LogP contribution in [0.1, 0.15) is 111 Å². The van der Waals surface area contributed by atoms with E-state index in [9.17, 15) is 10.2 Å². The molecule has 0 spiro atoms. The van der Waals surface area contributed by atoms with E-state index in [1.807, 2.05) is 36.4 Å². The molecule has 8 heteroatoms. The summed E-state index contributed by atoms with van der Waals surface area (Å²) in [7, 11) is 1.63. The summed E-state index contributed by atoms with van der Waals surface area (Å²) in [6.45, 7) is 14.0. The molecule has 262 valence electrons. The lowest BCUT2D eigenvalue weighted by atomic mass is 9.75. The van der Waals surface area contributed by atoms with Gasteiger partial charge in [0, 0.05) is 17.5 Å². The normalized spacial score (nSPS) is 20.5. The molecule has 48 heavy (non-hydrogen) atoms. The number of methoxy groups -OCH3 is 1. The Bertz CT molecular complexity index is 1470. The Morgan fingerprint density at radius 1 is 0.833 bits per heavy atom. The molecule has 0 saturated heterocycles. The minimum Gasteiger partial charge on any atom is -0.507 e. The van der Waals surface area contributed by atoms with Crippen LogP contribution in [0, 0.1) is 17.8 Å². The lowest BCUT2D eigenvalue weighted by Crippen LogP contribution is -2.38. The van der Waals surface area contributed by atoms with Gasteiger partial charge >= 0.3 is 0 Å². The Labute approximate surface area is 288 Å². The molecule has 1 aliphatic carbocycles. The molecular weight excluding hydrogens is 602 g/mol. The van der Waals surface area contributed by atoms with E-state index >= 15 is 0 Å². The molecule has 4 rings (SSSR count). The van der Waals surface area contributed by atoms with Crippen LogP contribution in [0.3, 0.4) is 0 Å². The van der Waals surface area contributed by atoms with Crippen LogP contribution in [0.15, 0.2) is 54.3 Å². The molecule has 5 atom stereocenters. The Morgan fingerprint density at radius 2 is 1.44 bits per heavy atom. The molecule has 2 N–H and O–H groups in total. The molecule has 0 fully saturated rings. The third-order valence-corrected chi connectivity index (χ3v) is 9.80. The highest BCUT2D eigenvalue weighted by Crippen LogP contribution is 2.43. The summed E-state index contributed by atoms with van der Waals surface area (Å²) in [6, 6.07) is 12.8. The number of phenolic OH excluding ortho intramolecular Hbond substituents is 1. The zero-order chi connectivity index (χ0) is 34.7. The van der Waals surface area contributed by atoms with Gasteiger partial charge in [-0.3, -0.25) is 0 Å². The maximum atomic E-state index is 11.9. The fourth-order valence-corrected chi connectivity index (χ4v) is 6.34. The number of rotatable bonds is 18. The molecule has 0 bridgehead atoms. The Balaban J connectivity index is 1.67. The first-order valence-electron chi connectivity index (χ1n) is 18.1. The van der Waals surface area contributed by atoms with Gasteiger partial charge in [0.1, 0.15) is 23.1 Å². The molecular formula is C40H57N3O5. The number of aromatic nitrogens is 3. The minimum absolute atomic E-state index is 0.0276. The lowest BCUT2D eigenvalue weighted by molar-refractivity contribution is 0.0347. The average Bonchev–Trinajstić information content (AvgIpc) is 3.09. The predicted molar refractivity (Wildman–Crippen MR) is 192 cm³/mol. The highest BCUT2D eigenvalue weighted by Gasteiger charge is 2.41. The van der Waals surface area contributed by atoms with Gasteiger partial charge in [0.05, 0.1) is 43.2 Å². The molecule has 5 unspecified atom stereocenters. The van der Waals surface area contributed by atoms with Crippen molar-refractivity contribution in [1.82, 2.24) is 15.0 Å². The van der Waals surface area contributed by atoms with Crippen molar-refractivity contribution >= 4 is 0 Å². The van der Waals surface area contributed by atoms with Crippen molar-refractivity contribution in [2.24, 2.45) is 17.8 Å². The summed E-state index contributed by atoms with van der Waals surface area (Å²) in [5.41, 5.74) is -0.00560. The van der Waals surface area contributed by atoms with Crippen LogP contribution in [0.2, 0.25) is 0 Å². The number of unbranched alkanes of at least 4 members (excludes halogenated alkanes) is 2. The molecule has 1 heterocycles. The van der Waals surface area contributed by atoms with Crippen molar-refractivity contribution in [2.75, 3.05) is 20.3 Å². The van der Waals surface area contributed by atoms with E-state index in [1.165, 1.54) is 19.3 Å². The van der Waals surface area contributed by atoms with Crippen LogP contribution < -0.4 is 9.47 Å². The number of allylic oxidation sites excluding steroid dienone is 1. The maximum Gasteiger partial charge on any atom is 0.167 e. The number of hydrogen-bond donors (Lipinski definition) is 2. The SMILES string of the molecule is CCCCC(CC)COC1=CC(C)(O)C(c2nc(-c3ccc(OC)cc3)nc(-c3ccc(OCC(CC)CCCC)cc3O)n2)CC1C. The molecule has 1 aromatic heterocycles. The van der Waals surface area contributed by atoms with Gasteiger partial charge in [0.25, 0.3) is 0 Å². The first kappa shape index (κ1) is 37.2. The van der Waals surface area contributed by atoms with Gasteiger partial charge in [0.15, 0.2) is 11.6 Å². The Morgan fingerprint density at radius 3 is 2.02 bits per heavy atom. The Kier molecular flexibility index (Phi) is 13.7. The van der Waals surface area contributed by atoms with Crippen LogP contribution >= 0.6 is 0 Å². The van der Waals surface area contributed by atoms with Gasteiger partial charge in [-0.1, -0.05) is 73.1 Å². The largest absolute Gasteiger partial charge is 0.507 e. The number of hydrogen-bond acceptors (Lipinski definition) is 8. The van der Waals surface area contributed by atoms with E-state index in [4.69, 9.17) is 29.2 Å². The number of nitrogens with zero attached hydrogens (tertiary/aromatic N) is 3. The van der Waals surface area contributed by atoms with E-state index < -0.39 is 11.5 Å². The second kappa shape index (κ2) is 17.7. The van der Waals surface area contributed by atoms with Gasteiger partial charge in [-0.05, 0) is 80.5 Å². The minimum atomic E-state index is -1.25. The molecule has 0 saturated carbocycles. The van der Waals surface area contributed by atoms with Crippen LogP contribution in [-0.4, -0.2) is 51.1 Å². The first-order chi connectivity index (χ1) is 23.1. The summed E-state index contributed by atoms with van der Waals surface area (Å²) in [6.07, 6.45) is 11.6. The second-order valence-electron chi connectivity index (χ2n) is 13.7. The van der Waals surface area contributed by atoms with E-state index in [1.54, 1.807) is 26.2 Å².